The molecule has 0 saturated carbocycles. The number of likely N-dealkylation sites (tertiary alicyclic amines) is 1. The topological polar surface area (TPSA) is 107 Å². The van der Waals surface area contributed by atoms with Crippen LogP contribution < -0.4 is 5.32 Å². The van der Waals surface area contributed by atoms with E-state index in [-0.39, 0.29) is 37.7 Å². The fourth-order valence-electron chi connectivity index (χ4n) is 2.69. The number of carboxylic acid groups (broad SMARTS) is 1. The summed E-state index contributed by atoms with van der Waals surface area (Å²) in [6, 6.07) is 6.96. The number of rotatable bonds is 4. The standard InChI is InChI=1S/C19H26N2O5/c1-18(2,3)16(23)20-12-13-4-6-14(7-5-13)15(22)21-10-8-19(26,9-11-21)17(24)25/h4-7,26H,8-12H2,1-3H3,(H,20,23)(H,24,25). The zero-order valence-electron chi connectivity index (χ0n) is 15.4. The molecule has 1 aliphatic rings. The van der Waals surface area contributed by atoms with Gasteiger partial charge in [0.25, 0.3) is 5.91 Å². The molecule has 26 heavy (non-hydrogen) atoms. The Morgan fingerprint density at radius 3 is 2.12 bits per heavy atom. The summed E-state index contributed by atoms with van der Waals surface area (Å²) in [6.45, 7) is 6.31. The molecular formula is C19H26N2O5. The summed E-state index contributed by atoms with van der Waals surface area (Å²) in [7, 11) is 0. The number of amides is 2. The molecule has 1 aromatic carbocycles. The lowest BCUT2D eigenvalue weighted by Gasteiger charge is -2.35. The molecule has 0 atom stereocenters. The zero-order valence-corrected chi connectivity index (χ0v) is 15.4. The molecule has 142 valence electrons. The van der Waals surface area contributed by atoms with E-state index in [0.29, 0.717) is 12.1 Å². The average molecular weight is 362 g/mol. The molecule has 1 aromatic rings. The Kier molecular flexibility index (Phi) is 5.71. The van der Waals surface area contributed by atoms with Gasteiger partial charge >= 0.3 is 5.97 Å². The quantitative estimate of drug-likeness (QED) is 0.751. The number of hydrogen-bond acceptors (Lipinski definition) is 4. The number of piperidine rings is 1. The summed E-state index contributed by atoms with van der Waals surface area (Å²) in [6.07, 6.45) is 0.0377. The minimum Gasteiger partial charge on any atom is -0.479 e. The van der Waals surface area contributed by atoms with Crippen LogP contribution in [0.4, 0.5) is 0 Å². The maximum atomic E-state index is 12.5. The van der Waals surface area contributed by atoms with Crippen LogP contribution in [0.1, 0.15) is 49.5 Å². The highest BCUT2D eigenvalue weighted by molar-refractivity contribution is 5.94. The molecule has 7 nitrogen and oxygen atoms in total. The second kappa shape index (κ2) is 7.45. The van der Waals surface area contributed by atoms with Crippen LogP contribution in [0.15, 0.2) is 24.3 Å². The number of carbonyl (C=O) groups excluding carboxylic acids is 2. The van der Waals surface area contributed by atoms with Gasteiger partial charge in [-0.2, -0.15) is 0 Å². The highest BCUT2D eigenvalue weighted by Crippen LogP contribution is 2.23. The molecule has 0 unspecified atom stereocenters. The highest BCUT2D eigenvalue weighted by Gasteiger charge is 2.40. The maximum Gasteiger partial charge on any atom is 0.335 e. The molecule has 2 rings (SSSR count). The molecule has 0 bridgehead atoms. The van der Waals surface area contributed by atoms with Crippen LogP contribution >= 0.6 is 0 Å². The van der Waals surface area contributed by atoms with Gasteiger partial charge in [0.05, 0.1) is 0 Å². The summed E-state index contributed by atoms with van der Waals surface area (Å²) in [5.74, 6) is -1.48. The van der Waals surface area contributed by atoms with Crippen LogP contribution in [0.2, 0.25) is 0 Å². The molecule has 2 amide bonds. The Hall–Kier alpha value is -2.41. The fourth-order valence-corrected chi connectivity index (χ4v) is 2.69. The lowest BCUT2D eigenvalue weighted by Crippen LogP contribution is -2.50. The zero-order chi connectivity index (χ0) is 19.5. The predicted octanol–water partition coefficient (Wildman–Crippen LogP) is 1.40. The first kappa shape index (κ1) is 19.9. The first-order valence-electron chi connectivity index (χ1n) is 8.65. The van der Waals surface area contributed by atoms with Crippen molar-refractivity contribution in [2.24, 2.45) is 5.41 Å². The van der Waals surface area contributed by atoms with E-state index in [4.69, 9.17) is 5.11 Å². The first-order valence-corrected chi connectivity index (χ1v) is 8.65. The Morgan fingerprint density at radius 1 is 1.12 bits per heavy atom. The minimum absolute atomic E-state index is 0.0188. The monoisotopic (exact) mass is 362 g/mol. The molecule has 7 heteroatoms. The van der Waals surface area contributed by atoms with Crippen molar-refractivity contribution in [3.05, 3.63) is 35.4 Å². The lowest BCUT2D eigenvalue weighted by atomic mass is 9.91. The Morgan fingerprint density at radius 2 is 1.65 bits per heavy atom. The second-order valence-corrected chi connectivity index (χ2v) is 7.76. The molecule has 0 radical (unpaired) electrons. The maximum absolute atomic E-state index is 12.5. The summed E-state index contributed by atoms with van der Waals surface area (Å²) in [4.78, 5) is 37.0. The van der Waals surface area contributed by atoms with Gasteiger partial charge < -0.3 is 20.4 Å². The summed E-state index contributed by atoms with van der Waals surface area (Å²) < 4.78 is 0. The van der Waals surface area contributed by atoms with Crippen LogP contribution in [-0.2, 0) is 16.1 Å². The van der Waals surface area contributed by atoms with Gasteiger partial charge in [-0.15, -0.1) is 0 Å². The Balaban J connectivity index is 1.93. The van der Waals surface area contributed by atoms with E-state index in [0.717, 1.165) is 5.56 Å². The molecule has 0 spiro atoms. The second-order valence-electron chi connectivity index (χ2n) is 7.76. The van der Waals surface area contributed by atoms with Gasteiger partial charge in [0, 0.05) is 43.5 Å². The number of benzene rings is 1. The van der Waals surface area contributed by atoms with Crippen molar-refractivity contribution in [3.63, 3.8) is 0 Å². The fraction of sp³-hybridized carbons (Fsp3) is 0.526. The average Bonchev–Trinajstić information content (AvgIpc) is 2.59. The minimum atomic E-state index is -1.74. The van der Waals surface area contributed by atoms with Crippen LogP contribution in [0.3, 0.4) is 0 Å². The third-order valence-corrected chi connectivity index (χ3v) is 4.61. The van der Waals surface area contributed by atoms with Gasteiger partial charge in [-0.25, -0.2) is 4.79 Å². The van der Waals surface area contributed by atoms with Crippen LogP contribution in [0.5, 0.6) is 0 Å². The summed E-state index contributed by atoms with van der Waals surface area (Å²) in [5.41, 5.74) is -0.816. The molecular weight excluding hydrogens is 336 g/mol. The lowest BCUT2D eigenvalue weighted by molar-refractivity contribution is -0.162. The van der Waals surface area contributed by atoms with Gasteiger partial charge in [0.1, 0.15) is 0 Å². The van der Waals surface area contributed by atoms with Crippen LogP contribution in [-0.4, -0.2) is 51.6 Å². The number of carboxylic acids is 1. The smallest absolute Gasteiger partial charge is 0.335 e. The molecule has 0 aromatic heterocycles. The van der Waals surface area contributed by atoms with E-state index in [2.05, 4.69) is 5.32 Å². The first-order chi connectivity index (χ1) is 12.0. The number of aliphatic carboxylic acids is 1. The van der Waals surface area contributed by atoms with E-state index >= 15 is 0 Å². The van der Waals surface area contributed by atoms with E-state index < -0.39 is 17.0 Å². The van der Waals surface area contributed by atoms with Crippen LogP contribution in [0.25, 0.3) is 0 Å². The van der Waals surface area contributed by atoms with Gasteiger partial charge in [0.15, 0.2) is 5.60 Å². The van der Waals surface area contributed by atoms with E-state index in [1.807, 2.05) is 20.8 Å². The Bertz CT molecular complexity index is 683. The van der Waals surface area contributed by atoms with Crippen molar-refractivity contribution < 1.29 is 24.6 Å². The number of aliphatic hydroxyl groups is 1. The van der Waals surface area contributed by atoms with E-state index in [1.165, 1.54) is 0 Å². The predicted molar refractivity (Wildman–Crippen MR) is 95.5 cm³/mol. The number of carbonyl (C=O) groups is 3. The van der Waals surface area contributed by atoms with Crippen molar-refractivity contribution in [1.29, 1.82) is 0 Å². The van der Waals surface area contributed by atoms with Gasteiger partial charge in [-0.3, -0.25) is 9.59 Å². The van der Waals surface area contributed by atoms with Gasteiger partial charge in [0.2, 0.25) is 5.91 Å². The molecule has 1 heterocycles. The number of hydrogen-bond donors (Lipinski definition) is 3. The van der Waals surface area contributed by atoms with Crippen molar-refractivity contribution in [3.8, 4) is 0 Å². The van der Waals surface area contributed by atoms with E-state index in [1.54, 1.807) is 29.2 Å². The highest BCUT2D eigenvalue weighted by atomic mass is 16.4. The molecule has 3 N–H and O–H groups in total. The SMILES string of the molecule is CC(C)(C)C(=O)NCc1ccc(C(=O)N2CCC(O)(C(=O)O)CC2)cc1. The number of nitrogens with one attached hydrogen (secondary N) is 1. The third-order valence-electron chi connectivity index (χ3n) is 4.61. The van der Waals surface area contributed by atoms with Crippen molar-refractivity contribution >= 4 is 17.8 Å². The normalized spacial score (nSPS) is 16.8. The molecule has 1 aliphatic heterocycles. The Labute approximate surface area is 153 Å². The van der Waals surface area contributed by atoms with E-state index in [9.17, 15) is 19.5 Å². The largest absolute Gasteiger partial charge is 0.479 e. The van der Waals surface area contributed by atoms with Gasteiger partial charge in [-0.05, 0) is 17.7 Å². The summed E-state index contributed by atoms with van der Waals surface area (Å²) in [5, 5.41) is 21.8. The summed E-state index contributed by atoms with van der Waals surface area (Å²) >= 11 is 0. The molecule has 1 saturated heterocycles. The van der Waals surface area contributed by atoms with Crippen molar-refractivity contribution in [2.75, 3.05) is 13.1 Å². The molecule has 0 aliphatic carbocycles. The van der Waals surface area contributed by atoms with Gasteiger partial charge in [-0.1, -0.05) is 32.9 Å². The number of nitrogens with zero attached hydrogens (tertiary/aromatic N) is 1. The van der Waals surface area contributed by atoms with Crippen molar-refractivity contribution in [2.45, 2.75) is 45.8 Å². The molecule has 1 fully saturated rings. The van der Waals surface area contributed by atoms with Crippen molar-refractivity contribution in [1.82, 2.24) is 10.2 Å². The van der Waals surface area contributed by atoms with Crippen LogP contribution in [0, 0.1) is 5.41 Å². The third kappa shape index (κ3) is 4.60.